The fourth-order valence-electron chi connectivity index (χ4n) is 1.72. The van der Waals surface area contributed by atoms with Crippen molar-refractivity contribution < 1.29 is 4.74 Å². The molecule has 1 atom stereocenters. The van der Waals surface area contributed by atoms with Gasteiger partial charge in [-0.2, -0.15) is 0 Å². The van der Waals surface area contributed by atoms with Crippen LogP contribution in [0.25, 0.3) is 0 Å². The molecule has 0 radical (unpaired) electrons. The van der Waals surface area contributed by atoms with Gasteiger partial charge in [0.2, 0.25) is 0 Å². The molecule has 0 aliphatic rings. The Morgan fingerprint density at radius 1 is 1.35 bits per heavy atom. The van der Waals surface area contributed by atoms with Crippen LogP contribution in [0.5, 0.6) is 0 Å². The zero-order valence-electron chi connectivity index (χ0n) is 11.6. The third-order valence-electron chi connectivity index (χ3n) is 2.88. The highest BCUT2D eigenvalue weighted by molar-refractivity contribution is 5.60. The van der Waals surface area contributed by atoms with Crippen molar-refractivity contribution in [3.63, 3.8) is 0 Å². The first-order chi connectivity index (χ1) is 8.04. The van der Waals surface area contributed by atoms with Gasteiger partial charge < -0.3 is 15.0 Å². The van der Waals surface area contributed by atoms with Gasteiger partial charge in [-0.3, -0.25) is 0 Å². The molecule has 0 fully saturated rings. The highest BCUT2D eigenvalue weighted by atomic mass is 16.5. The number of benzene rings is 1. The zero-order valence-corrected chi connectivity index (χ0v) is 11.6. The summed E-state index contributed by atoms with van der Waals surface area (Å²) in [6.07, 6.45) is 1.02. The van der Waals surface area contributed by atoms with Crippen molar-refractivity contribution in [3.8, 4) is 0 Å². The Balaban J connectivity index is 2.65. The molecular weight excluding hydrogens is 212 g/mol. The van der Waals surface area contributed by atoms with Gasteiger partial charge in [-0.1, -0.05) is 0 Å². The Hall–Kier alpha value is -1.22. The Labute approximate surface area is 105 Å². The van der Waals surface area contributed by atoms with Crippen molar-refractivity contribution >= 4 is 11.4 Å². The number of methoxy groups -OCH3 is 1. The number of hydrogen-bond acceptors (Lipinski definition) is 3. The van der Waals surface area contributed by atoms with Crippen molar-refractivity contribution in [1.82, 2.24) is 0 Å². The predicted molar refractivity (Wildman–Crippen MR) is 75.1 cm³/mol. The summed E-state index contributed by atoms with van der Waals surface area (Å²) in [5.74, 6) is 0. The van der Waals surface area contributed by atoms with E-state index in [1.54, 1.807) is 7.11 Å². The zero-order chi connectivity index (χ0) is 12.8. The summed E-state index contributed by atoms with van der Waals surface area (Å²) in [6, 6.07) is 6.91. The van der Waals surface area contributed by atoms with Gasteiger partial charge in [0.05, 0.1) is 0 Å². The van der Waals surface area contributed by atoms with Gasteiger partial charge in [0.25, 0.3) is 0 Å². The van der Waals surface area contributed by atoms with E-state index in [4.69, 9.17) is 4.74 Å². The van der Waals surface area contributed by atoms with Gasteiger partial charge in [-0.25, -0.2) is 0 Å². The first-order valence-corrected chi connectivity index (χ1v) is 6.08. The Morgan fingerprint density at radius 3 is 2.59 bits per heavy atom. The lowest BCUT2D eigenvalue weighted by molar-refractivity contribution is 0.191. The highest BCUT2D eigenvalue weighted by Gasteiger charge is 2.05. The summed E-state index contributed by atoms with van der Waals surface area (Å²) < 4.78 is 5.08. The topological polar surface area (TPSA) is 24.5 Å². The number of rotatable bonds is 6. The normalized spacial score (nSPS) is 12.3. The minimum Gasteiger partial charge on any atom is -0.385 e. The summed E-state index contributed by atoms with van der Waals surface area (Å²) in [5.41, 5.74) is 3.72. The standard InChI is InChI=1S/C14H24N2O/c1-11-10-13(16(3)4)6-7-14(11)15-12(2)8-9-17-5/h6-7,10,12,15H,8-9H2,1-5H3. The van der Waals surface area contributed by atoms with E-state index >= 15 is 0 Å². The Bertz CT molecular complexity index is 350. The fraction of sp³-hybridized carbons (Fsp3) is 0.571. The van der Waals surface area contributed by atoms with Crippen molar-refractivity contribution in [2.24, 2.45) is 0 Å². The number of anilines is 2. The molecule has 0 aliphatic heterocycles. The lowest BCUT2D eigenvalue weighted by Gasteiger charge is -2.19. The van der Waals surface area contributed by atoms with Crippen LogP contribution in [0.3, 0.4) is 0 Å². The van der Waals surface area contributed by atoms with E-state index in [2.05, 4.69) is 56.4 Å². The SMILES string of the molecule is COCCC(C)Nc1ccc(N(C)C)cc1C. The van der Waals surface area contributed by atoms with Gasteiger partial charge in [-0.05, 0) is 44.0 Å². The van der Waals surface area contributed by atoms with Gasteiger partial charge in [0.15, 0.2) is 0 Å². The lowest BCUT2D eigenvalue weighted by atomic mass is 10.1. The third-order valence-corrected chi connectivity index (χ3v) is 2.88. The molecule has 0 bridgehead atoms. The lowest BCUT2D eigenvalue weighted by Crippen LogP contribution is -2.18. The summed E-state index contributed by atoms with van der Waals surface area (Å²) in [5, 5.41) is 3.51. The van der Waals surface area contributed by atoms with Crippen LogP contribution >= 0.6 is 0 Å². The van der Waals surface area contributed by atoms with Crippen LogP contribution in [0.2, 0.25) is 0 Å². The molecule has 0 aromatic heterocycles. The van der Waals surface area contributed by atoms with E-state index in [9.17, 15) is 0 Å². The van der Waals surface area contributed by atoms with E-state index in [-0.39, 0.29) is 0 Å². The van der Waals surface area contributed by atoms with Crippen LogP contribution < -0.4 is 10.2 Å². The van der Waals surface area contributed by atoms with Gasteiger partial charge in [-0.15, -0.1) is 0 Å². The minimum absolute atomic E-state index is 0.429. The van der Waals surface area contributed by atoms with Crippen LogP contribution in [0, 0.1) is 6.92 Å². The average Bonchev–Trinajstić information content (AvgIpc) is 2.28. The van der Waals surface area contributed by atoms with E-state index < -0.39 is 0 Å². The van der Waals surface area contributed by atoms with Gasteiger partial charge in [0.1, 0.15) is 0 Å². The molecule has 1 aromatic rings. The van der Waals surface area contributed by atoms with E-state index in [0.29, 0.717) is 6.04 Å². The maximum Gasteiger partial charge on any atom is 0.0481 e. The molecule has 0 heterocycles. The summed E-state index contributed by atoms with van der Waals surface area (Å²) in [7, 11) is 5.86. The monoisotopic (exact) mass is 236 g/mol. The summed E-state index contributed by atoms with van der Waals surface area (Å²) in [6.45, 7) is 5.11. The molecular formula is C14H24N2O. The number of nitrogens with one attached hydrogen (secondary N) is 1. The van der Waals surface area contributed by atoms with E-state index in [1.165, 1.54) is 16.9 Å². The Kier molecular flexibility index (Phi) is 5.29. The third kappa shape index (κ3) is 4.27. The second-order valence-electron chi connectivity index (χ2n) is 4.72. The largest absolute Gasteiger partial charge is 0.385 e. The quantitative estimate of drug-likeness (QED) is 0.822. The molecule has 0 amide bonds. The number of ether oxygens (including phenoxy) is 1. The van der Waals surface area contributed by atoms with Crippen LogP contribution in [0.15, 0.2) is 18.2 Å². The summed E-state index contributed by atoms with van der Waals surface area (Å²) >= 11 is 0. The fourth-order valence-corrected chi connectivity index (χ4v) is 1.72. The van der Waals surface area contributed by atoms with Crippen LogP contribution in [-0.4, -0.2) is 33.9 Å². The van der Waals surface area contributed by atoms with Gasteiger partial charge in [0, 0.05) is 45.2 Å². The minimum atomic E-state index is 0.429. The molecule has 3 heteroatoms. The molecule has 17 heavy (non-hydrogen) atoms. The summed E-state index contributed by atoms with van der Waals surface area (Å²) in [4.78, 5) is 2.12. The number of nitrogens with zero attached hydrogens (tertiary/aromatic N) is 1. The predicted octanol–water partition coefficient (Wildman–Crippen LogP) is 2.90. The van der Waals surface area contributed by atoms with Crippen molar-refractivity contribution in [1.29, 1.82) is 0 Å². The number of hydrogen-bond donors (Lipinski definition) is 1. The van der Waals surface area contributed by atoms with E-state index in [0.717, 1.165) is 13.0 Å². The van der Waals surface area contributed by atoms with Crippen LogP contribution in [0.1, 0.15) is 18.9 Å². The molecule has 1 unspecified atom stereocenters. The molecule has 1 aromatic carbocycles. The molecule has 0 saturated carbocycles. The first-order valence-electron chi connectivity index (χ1n) is 6.08. The smallest absolute Gasteiger partial charge is 0.0481 e. The second kappa shape index (κ2) is 6.50. The highest BCUT2D eigenvalue weighted by Crippen LogP contribution is 2.22. The maximum atomic E-state index is 5.08. The molecule has 0 spiro atoms. The molecule has 3 nitrogen and oxygen atoms in total. The van der Waals surface area contributed by atoms with Crippen LogP contribution in [-0.2, 0) is 4.74 Å². The van der Waals surface area contributed by atoms with E-state index in [1.807, 2.05) is 0 Å². The molecule has 96 valence electrons. The van der Waals surface area contributed by atoms with Crippen molar-refractivity contribution in [3.05, 3.63) is 23.8 Å². The number of aryl methyl sites for hydroxylation is 1. The molecule has 0 saturated heterocycles. The maximum absolute atomic E-state index is 5.08. The first kappa shape index (κ1) is 13.8. The van der Waals surface area contributed by atoms with Gasteiger partial charge >= 0.3 is 0 Å². The average molecular weight is 236 g/mol. The molecule has 1 N–H and O–H groups in total. The Morgan fingerprint density at radius 2 is 2.06 bits per heavy atom. The molecule has 0 aliphatic carbocycles. The van der Waals surface area contributed by atoms with Crippen molar-refractivity contribution in [2.45, 2.75) is 26.3 Å². The second-order valence-corrected chi connectivity index (χ2v) is 4.72. The van der Waals surface area contributed by atoms with Crippen molar-refractivity contribution in [2.75, 3.05) is 38.0 Å². The molecule has 1 rings (SSSR count). The van der Waals surface area contributed by atoms with Crippen LogP contribution in [0.4, 0.5) is 11.4 Å².